The first-order chi connectivity index (χ1) is 7.74. The SMILES string of the molecule is Clc1ccc2c(ccc3ccc(Br)cc32)c1. The molecule has 0 saturated heterocycles. The average molecular weight is 292 g/mol. The van der Waals surface area contributed by atoms with Gasteiger partial charge in [-0.05, 0) is 45.8 Å². The first kappa shape index (κ1) is 10.1. The molecule has 0 unspecified atom stereocenters. The lowest BCUT2D eigenvalue weighted by Gasteiger charge is -2.04. The van der Waals surface area contributed by atoms with E-state index in [1.54, 1.807) is 0 Å². The van der Waals surface area contributed by atoms with Crippen molar-refractivity contribution in [1.29, 1.82) is 0 Å². The lowest BCUT2D eigenvalue weighted by molar-refractivity contribution is 1.72. The van der Waals surface area contributed by atoms with E-state index in [1.807, 2.05) is 12.1 Å². The fourth-order valence-electron chi connectivity index (χ4n) is 2.00. The minimum Gasteiger partial charge on any atom is -0.0843 e. The molecule has 0 aliphatic heterocycles. The van der Waals surface area contributed by atoms with Crippen LogP contribution < -0.4 is 0 Å². The third kappa shape index (κ3) is 1.60. The molecular formula is C14H8BrCl. The Bertz CT molecular complexity index is 689. The molecule has 3 aromatic rings. The first-order valence-corrected chi connectivity index (χ1v) is 6.19. The summed E-state index contributed by atoms with van der Waals surface area (Å²) in [6.45, 7) is 0. The molecule has 0 saturated carbocycles. The maximum absolute atomic E-state index is 5.99. The molecule has 0 fully saturated rings. The molecule has 0 heterocycles. The van der Waals surface area contributed by atoms with Gasteiger partial charge >= 0.3 is 0 Å². The van der Waals surface area contributed by atoms with Crippen molar-refractivity contribution in [3.63, 3.8) is 0 Å². The van der Waals surface area contributed by atoms with E-state index in [1.165, 1.54) is 21.5 Å². The normalized spacial score (nSPS) is 11.1. The number of rotatable bonds is 0. The standard InChI is InChI=1S/C14H8BrCl/c15-11-4-3-9-1-2-10-7-12(16)5-6-13(10)14(9)8-11/h1-8H. The Balaban J connectivity index is 2.52. The number of benzene rings is 3. The topological polar surface area (TPSA) is 0 Å². The molecular weight excluding hydrogens is 284 g/mol. The quantitative estimate of drug-likeness (QED) is 0.486. The Hall–Kier alpha value is -1.05. The predicted molar refractivity (Wildman–Crippen MR) is 74.2 cm³/mol. The largest absolute Gasteiger partial charge is 0.0843 e. The molecule has 0 aromatic heterocycles. The molecule has 0 bridgehead atoms. The molecule has 16 heavy (non-hydrogen) atoms. The van der Waals surface area contributed by atoms with Crippen molar-refractivity contribution in [2.45, 2.75) is 0 Å². The average Bonchev–Trinajstić information content (AvgIpc) is 2.28. The molecule has 0 nitrogen and oxygen atoms in total. The van der Waals surface area contributed by atoms with Crippen molar-refractivity contribution >= 4 is 49.1 Å². The van der Waals surface area contributed by atoms with Crippen LogP contribution in [0.15, 0.2) is 53.0 Å². The summed E-state index contributed by atoms with van der Waals surface area (Å²) in [5, 5.41) is 5.70. The van der Waals surface area contributed by atoms with E-state index in [4.69, 9.17) is 11.6 Å². The van der Waals surface area contributed by atoms with Crippen molar-refractivity contribution in [1.82, 2.24) is 0 Å². The minimum absolute atomic E-state index is 0.779. The zero-order valence-electron chi connectivity index (χ0n) is 8.37. The van der Waals surface area contributed by atoms with Crippen LogP contribution in [0.4, 0.5) is 0 Å². The molecule has 0 spiro atoms. The monoisotopic (exact) mass is 290 g/mol. The Kier molecular flexibility index (Phi) is 2.38. The van der Waals surface area contributed by atoms with Crippen molar-refractivity contribution < 1.29 is 0 Å². The van der Waals surface area contributed by atoms with E-state index >= 15 is 0 Å². The minimum atomic E-state index is 0.779. The van der Waals surface area contributed by atoms with Gasteiger partial charge < -0.3 is 0 Å². The number of fused-ring (bicyclic) bond motifs is 3. The van der Waals surface area contributed by atoms with Gasteiger partial charge in [-0.15, -0.1) is 0 Å². The highest BCUT2D eigenvalue weighted by Gasteiger charge is 2.01. The van der Waals surface area contributed by atoms with Crippen molar-refractivity contribution in [2.75, 3.05) is 0 Å². The molecule has 78 valence electrons. The predicted octanol–water partition coefficient (Wildman–Crippen LogP) is 5.41. The van der Waals surface area contributed by atoms with Crippen LogP contribution >= 0.6 is 27.5 Å². The molecule has 0 atom stereocenters. The fourth-order valence-corrected chi connectivity index (χ4v) is 2.55. The van der Waals surface area contributed by atoms with Gasteiger partial charge in [-0.25, -0.2) is 0 Å². The molecule has 0 amide bonds. The highest BCUT2D eigenvalue weighted by molar-refractivity contribution is 9.10. The molecule has 3 aromatic carbocycles. The van der Waals surface area contributed by atoms with Crippen LogP contribution in [0.1, 0.15) is 0 Å². The van der Waals surface area contributed by atoms with Gasteiger partial charge in [-0.1, -0.05) is 51.8 Å². The van der Waals surface area contributed by atoms with Crippen LogP contribution in [0.3, 0.4) is 0 Å². The van der Waals surface area contributed by atoms with Gasteiger partial charge in [0, 0.05) is 9.50 Å². The Labute approximate surface area is 107 Å². The summed E-state index contributed by atoms with van der Waals surface area (Å²) in [4.78, 5) is 0. The zero-order valence-corrected chi connectivity index (χ0v) is 10.7. The second-order valence-electron chi connectivity index (χ2n) is 3.80. The van der Waals surface area contributed by atoms with E-state index in [2.05, 4.69) is 52.3 Å². The summed E-state index contributed by atoms with van der Waals surface area (Å²) in [7, 11) is 0. The molecule has 0 aliphatic carbocycles. The number of halogens is 2. The van der Waals surface area contributed by atoms with Crippen molar-refractivity contribution in [2.24, 2.45) is 0 Å². The maximum Gasteiger partial charge on any atom is 0.0412 e. The Morgan fingerprint density at radius 1 is 0.750 bits per heavy atom. The summed E-state index contributed by atoms with van der Waals surface area (Å²) >= 11 is 9.50. The highest BCUT2D eigenvalue weighted by Crippen LogP contribution is 2.29. The van der Waals surface area contributed by atoms with E-state index in [0.29, 0.717) is 0 Å². The second-order valence-corrected chi connectivity index (χ2v) is 5.15. The van der Waals surface area contributed by atoms with E-state index in [0.717, 1.165) is 9.50 Å². The zero-order chi connectivity index (χ0) is 11.1. The van der Waals surface area contributed by atoms with E-state index in [9.17, 15) is 0 Å². The van der Waals surface area contributed by atoms with Crippen molar-refractivity contribution in [3.05, 3.63) is 58.0 Å². The van der Waals surface area contributed by atoms with Crippen LogP contribution in [-0.2, 0) is 0 Å². The van der Waals surface area contributed by atoms with E-state index in [-0.39, 0.29) is 0 Å². The maximum atomic E-state index is 5.99. The van der Waals surface area contributed by atoms with Gasteiger partial charge in [0.25, 0.3) is 0 Å². The molecule has 3 rings (SSSR count). The Morgan fingerprint density at radius 2 is 1.50 bits per heavy atom. The fraction of sp³-hybridized carbons (Fsp3) is 0. The third-order valence-corrected chi connectivity index (χ3v) is 3.49. The number of hydrogen-bond acceptors (Lipinski definition) is 0. The van der Waals surface area contributed by atoms with Gasteiger partial charge in [-0.2, -0.15) is 0 Å². The first-order valence-electron chi connectivity index (χ1n) is 5.01. The third-order valence-electron chi connectivity index (χ3n) is 2.76. The summed E-state index contributed by atoms with van der Waals surface area (Å²) in [5.74, 6) is 0. The molecule has 0 N–H and O–H groups in total. The summed E-state index contributed by atoms with van der Waals surface area (Å²) in [6.07, 6.45) is 0. The summed E-state index contributed by atoms with van der Waals surface area (Å²) < 4.78 is 1.10. The highest BCUT2D eigenvalue weighted by atomic mass is 79.9. The van der Waals surface area contributed by atoms with Crippen LogP contribution in [0.25, 0.3) is 21.5 Å². The summed E-state index contributed by atoms with van der Waals surface area (Å²) in [6, 6.07) is 16.6. The smallest absolute Gasteiger partial charge is 0.0412 e. The lowest BCUT2D eigenvalue weighted by Crippen LogP contribution is -1.78. The van der Waals surface area contributed by atoms with E-state index < -0.39 is 0 Å². The molecule has 0 aliphatic rings. The van der Waals surface area contributed by atoms with Crippen LogP contribution in [-0.4, -0.2) is 0 Å². The van der Waals surface area contributed by atoms with Gasteiger partial charge in [-0.3, -0.25) is 0 Å². The van der Waals surface area contributed by atoms with Gasteiger partial charge in [0.2, 0.25) is 0 Å². The Morgan fingerprint density at radius 3 is 2.38 bits per heavy atom. The summed E-state index contributed by atoms with van der Waals surface area (Å²) in [5.41, 5.74) is 0. The second kappa shape index (κ2) is 3.76. The van der Waals surface area contributed by atoms with Gasteiger partial charge in [0.1, 0.15) is 0 Å². The molecule has 2 heteroatoms. The van der Waals surface area contributed by atoms with Crippen LogP contribution in [0.5, 0.6) is 0 Å². The number of hydrogen-bond donors (Lipinski definition) is 0. The lowest BCUT2D eigenvalue weighted by atomic mass is 10.0. The van der Waals surface area contributed by atoms with Gasteiger partial charge in [0.15, 0.2) is 0 Å². The molecule has 0 radical (unpaired) electrons. The van der Waals surface area contributed by atoms with Gasteiger partial charge in [0.05, 0.1) is 0 Å². The van der Waals surface area contributed by atoms with Crippen molar-refractivity contribution in [3.8, 4) is 0 Å². The van der Waals surface area contributed by atoms with Crippen LogP contribution in [0.2, 0.25) is 5.02 Å². The van der Waals surface area contributed by atoms with Crippen LogP contribution in [0, 0.1) is 0 Å².